The van der Waals surface area contributed by atoms with Crippen LogP contribution in [0.15, 0.2) is 0 Å². The van der Waals surface area contributed by atoms with Crippen molar-refractivity contribution < 1.29 is 9.59 Å². The van der Waals surface area contributed by atoms with Gasteiger partial charge in [-0.15, -0.1) is 0 Å². The Morgan fingerprint density at radius 3 is 2.33 bits per heavy atom. The summed E-state index contributed by atoms with van der Waals surface area (Å²) in [7, 11) is 0. The highest BCUT2D eigenvalue weighted by molar-refractivity contribution is 6.07. The third-order valence-corrected chi connectivity index (χ3v) is 5.16. The van der Waals surface area contributed by atoms with E-state index in [2.05, 4.69) is 10.6 Å². The minimum absolute atomic E-state index is 0.0669. The maximum atomic E-state index is 12.2. The number of rotatable bonds is 1. The van der Waals surface area contributed by atoms with Crippen molar-refractivity contribution in [3.8, 4) is 0 Å². The maximum absolute atomic E-state index is 12.2. The van der Waals surface area contributed by atoms with E-state index in [0.29, 0.717) is 11.8 Å². The molecule has 1 aliphatic heterocycles. The van der Waals surface area contributed by atoms with E-state index in [4.69, 9.17) is 0 Å². The molecule has 1 saturated heterocycles. The lowest BCUT2D eigenvalue weighted by atomic mass is 9.64. The van der Waals surface area contributed by atoms with E-state index in [1.165, 1.54) is 38.5 Å². The summed E-state index contributed by atoms with van der Waals surface area (Å²) in [6.45, 7) is 0. The zero-order valence-electron chi connectivity index (χ0n) is 10.8. The van der Waals surface area contributed by atoms with Gasteiger partial charge in [0.1, 0.15) is 5.54 Å². The summed E-state index contributed by atoms with van der Waals surface area (Å²) in [5.74, 6) is 0.920. The van der Waals surface area contributed by atoms with Crippen LogP contribution in [0.25, 0.3) is 0 Å². The van der Waals surface area contributed by atoms with E-state index in [9.17, 15) is 9.59 Å². The SMILES string of the molecule is O=C1NC(=O)[C@]2(CCCC[C@H]2C2CCCCC2)N1. The van der Waals surface area contributed by atoms with Crippen molar-refractivity contribution in [2.24, 2.45) is 11.8 Å². The molecule has 3 fully saturated rings. The van der Waals surface area contributed by atoms with Crippen molar-refractivity contribution in [3.05, 3.63) is 0 Å². The molecule has 0 radical (unpaired) electrons. The van der Waals surface area contributed by atoms with E-state index >= 15 is 0 Å². The van der Waals surface area contributed by atoms with E-state index in [0.717, 1.165) is 19.3 Å². The molecule has 1 spiro atoms. The Labute approximate surface area is 108 Å². The van der Waals surface area contributed by atoms with Gasteiger partial charge in [0.25, 0.3) is 5.91 Å². The fourth-order valence-electron chi connectivity index (χ4n) is 4.32. The average molecular weight is 250 g/mol. The fraction of sp³-hybridized carbons (Fsp3) is 0.857. The molecule has 2 N–H and O–H groups in total. The number of nitrogens with one attached hydrogen (secondary N) is 2. The first-order chi connectivity index (χ1) is 8.72. The molecule has 3 aliphatic rings. The average Bonchev–Trinajstić information content (AvgIpc) is 2.66. The van der Waals surface area contributed by atoms with E-state index in [1.54, 1.807) is 0 Å². The minimum Gasteiger partial charge on any atom is -0.323 e. The minimum atomic E-state index is -0.572. The van der Waals surface area contributed by atoms with E-state index in [1.807, 2.05) is 0 Å². The fourth-order valence-corrected chi connectivity index (χ4v) is 4.32. The summed E-state index contributed by atoms with van der Waals surface area (Å²) in [4.78, 5) is 23.7. The van der Waals surface area contributed by atoms with Crippen molar-refractivity contribution >= 4 is 11.9 Å². The Bertz CT molecular complexity index is 363. The zero-order valence-corrected chi connectivity index (χ0v) is 10.8. The molecule has 0 aromatic heterocycles. The monoisotopic (exact) mass is 250 g/mol. The smallest absolute Gasteiger partial charge is 0.322 e. The number of imide groups is 1. The van der Waals surface area contributed by atoms with Crippen LogP contribution in [0.4, 0.5) is 4.79 Å². The van der Waals surface area contributed by atoms with Gasteiger partial charge in [0.2, 0.25) is 0 Å². The molecule has 0 bridgehead atoms. The lowest BCUT2D eigenvalue weighted by Crippen LogP contribution is -2.57. The molecular weight excluding hydrogens is 228 g/mol. The molecule has 3 rings (SSSR count). The van der Waals surface area contributed by atoms with E-state index < -0.39 is 5.54 Å². The molecule has 2 aliphatic carbocycles. The van der Waals surface area contributed by atoms with Crippen LogP contribution in [-0.4, -0.2) is 17.5 Å². The van der Waals surface area contributed by atoms with Gasteiger partial charge in [0.05, 0.1) is 0 Å². The second kappa shape index (κ2) is 4.56. The van der Waals surface area contributed by atoms with Gasteiger partial charge < -0.3 is 5.32 Å². The van der Waals surface area contributed by atoms with Crippen LogP contribution in [0.3, 0.4) is 0 Å². The van der Waals surface area contributed by atoms with Gasteiger partial charge in [0, 0.05) is 0 Å². The summed E-state index contributed by atoms with van der Waals surface area (Å²) in [5, 5.41) is 5.42. The third-order valence-electron chi connectivity index (χ3n) is 5.16. The Morgan fingerprint density at radius 2 is 1.67 bits per heavy atom. The van der Waals surface area contributed by atoms with Gasteiger partial charge in [-0.3, -0.25) is 10.1 Å². The zero-order chi connectivity index (χ0) is 12.6. The number of hydrogen-bond acceptors (Lipinski definition) is 2. The van der Waals surface area contributed by atoms with Gasteiger partial charge in [-0.05, 0) is 24.7 Å². The summed E-state index contributed by atoms with van der Waals surface area (Å²) < 4.78 is 0. The maximum Gasteiger partial charge on any atom is 0.322 e. The number of amides is 3. The van der Waals surface area contributed by atoms with Gasteiger partial charge >= 0.3 is 6.03 Å². The van der Waals surface area contributed by atoms with Crippen molar-refractivity contribution in [2.75, 3.05) is 0 Å². The summed E-state index contributed by atoms with van der Waals surface area (Å²) in [5.41, 5.74) is -0.572. The number of hydrogen-bond donors (Lipinski definition) is 2. The topological polar surface area (TPSA) is 58.2 Å². The molecule has 4 heteroatoms. The van der Waals surface area contributed by atoms with Crippen molar-refractivity contribution in [1.29, 1.82) is 0 Å². The van der Waals surface area contributed by atoms with Gasteiger partial charge in [-0.25, -0.2) is 4.79 Å². The third kappa shape index (κ3) is 1.82. The molecule has 0 aromatic carbocycles. The van der Waals surface area contributed by atoms with Crippen molar-refractivity contribution in [2.45, 2.75) is 63.3 Å². The highest BCUT2D eigenvalue weighted by Crippen LogP contribution is 2.44. The lowest BCUT2D eigenvalue weighted by Gasteiger charge is -2.44. The first kappa shape index (κ1) is 12.0. The first-order valence-corrected chi connectivity index (χ1v) is 7.36. The van der Waals surface area contributed by atoms with E-state index in [-0.39, 0.29) is 11.9 Å². The highest BCUT2D eigenvalue weighted by atomic mass is 16.2. The molecule has 1 heterocycles. The molecule has 2 saturated carbocycles. The highest BCUT2D eigenvalue weighted by Gasteiger charge is 2.54. The second-order valence-electron chi connectivity index (χ2n) is 6.13. The predicted molar refractivity (Wildman–Crippen MR) is 67.9 cm³/mol. The van der Waals surface area contributed by atoms with Crippen LogP contribution in [0.1, 0.15) is 57.8 Å². The summed E-state index contributed by atoms with van der Waals surface area (Å²) in [6.07, 6.45) is 10.5. The molecular formula is C14H22N2O2. The van der Waals surface area contributed by atoms with Gasteiger partial charge in [0.15, 0.2) is 0 Å². The Morgan fingerprint density at radius 1 is 0.944 bits per heavy atom. The van der Waals surface area contributed by atoms with Crippen LogP contribution in [0, 0.1) is 11.8 Å². The van der Waals surface area contributed by atoms with Gasteiger partial charge in [-0.2, -0.15) is 0 Å². The second-order valence-corrected chi connectivity index (χ2v) is 6.13. The number of carbonyl (C=O) groups excluding carboxylic acids is 2. The molecule has 3 amide bonds. The standard InChI is InChI=1S/C14H22N2O2/c17-12-14(16-13(18)15-12)9-5-4-8-11(14)10-6-2-1-3-7-10/h10-11H,1-9H2,(H2,15,16,17,18)/t11-,14+/m0/s1. The molecule has 4 nitrogen and oxygen atoms in total. The van der Waals surface area contributed by atoms with Crippen LogP contribution >= 0.6 is 0 Å². The number of urea groups is 1. The molecule has 0 aromatic rings. The normalized spacial score (nSPS) is 37.7. The Hall–Kier alpha value is -1.06. The number of carbonyl (C=O) groups is 2. The lowest BCUT2D eigenvalue weighted by molar-refractivity contribution is -0.128. The molecule has 0 unspecified atom stereocenters. The van der Waals surface area contributed by atoms with Crippen molar-refractivity contribution in [1.82, 2.24) is 10.6 Å². The Kier molecular flexibility index (Phi) is 3.04. The van der Waals surface area contributed by atoms with Crippen LogP contribution < -0.4 is 10.6 Å². The first-order valence-electron chi connectivity index (χ1n) is 7.36. The van der Waals surface area contributed by atoms with Crippen molar-refractivity contribution in [3.63, 3.8) is 0 Å². The molecule has 18 heavy (non-hydrogen) atoms. The van der Waals surface area contributed by atoms with Crippen LogP contribution in [0.2, 0.25) is 0 Å². The van der Waals surface area contributed by atoms with Crippen LogP contribution in [0.5, 0.6) is 0 Å². The van der Waals surface area contributed by atoms with Gasteiger partial charge in [-0.1, -0.05) is 44.9 Å². The largest absolute Gasteiger partial charge is 0.323 e. The predicted octanol–water partition coefficient (Wildman–Crippen LogP) is 2.34. The Balaban J connectivity index is 1.85. The quantitative estimate of drug-likeness (QED) is 0.702. The molecule has 100 valence electrons. The molecule has 2 atom stereocenters. The summed E-state index contributed by atoms with van der Waals surface area (Å²) >= 11 is 0. The summed E-state index contributed by atoms with van der Waals surface area (Å²) in [6, 6.07) is -0.289. The van der Waals surface area contributed by atoms with Crippen LogP contribution in [-0.2, 0) is 4.79 Å².